The quantitative estimate of drug-likeness (QED) is 0.818. The third kappa shape index (κ3) is 5.28. The molecule has 0 heterocycles. The van der Waals surface area contributed by atoms with Gasteiger partial charge in [-0.05, 0) is 50.8 Å². The van der Waals surface area contributed by atoms with Gasteiger partial charge in [0, 0.05) is 12.2 Å². The van der Waals surface area contributed by atoms with Gasteiger partial charge in [0.2, 0.25) is 0 Å². The van der Waals surface area contributed by atoms with Crippen molar-refractivity contribution in [3.63, 3.8) is 0 Å². The molecule has 0 fully saturated rings. The van der Waals surface area contributed by atoms with Crippen molar-refractivity contribution in [2.45, 2.75) is 13.0 Å². The maximum absolute atomic E-state index is 12.0. The van der Waals surface area contributed by atoms with Crippen LogP contribution in [-0.4, -0.2) is 38.2 Å². The number of para-hydroxylation sites is 1. The average molecular weight is 327 g/mol. The molecular formula is C19H25N3O2. The molecule has 1 unspecified atom stereocenters. The van der Waals surface area contributed by atoms with Crippen LogP contribution in [0.5, 0.6) is 5.75 Å². The second-order valence-electron chi connectivity index (χ2n) is 5.68. The summed E-state index contributed by atoms with van der Waals surface area (Å²) in [6.07, 6.45) is 0. The van der Waals surface area contributed by atoms with Gasteiger partial charge in [0.15, 0.2) is 0 Å². The van der Waals surface area contributed by atoms with Gasteiger partial charge in [0.1, 0.15) is 5.75 Å². The Morgan fingerprint density at radius 2 is 1.75 bits per heavy atom. The summed E-state index contributed by atoms with van der Waals surface area (Å²) in [4.78, 5) is 14.1. The summed E-state index contributed by atoms with van der Waals surface area (Å²) in [6, 6.07) is 17.3. The average Bonchev–Trinajstić information content (AvgIpc) is 2.57. The Kier molecular flexibility index (Phi) is 6.63. The molecular weight excluding hydrogens is 302 g/mol. The van der Waals surface area contributed by atoms with Crippen LogP contribution in [0.25, 0.3) is 0 Å². The summed E-state index contributed by atoms with van der Waals surface area (Å²) in [5, 5.41) is 5.75. The number of amides is 2. The molecule has 0 bridgehead atoms. The van der Waals surface area contributed by atoms with E-state index in [1.165, 1.54) is 0 Å². The molecule has 0 radical (unpaired) electrons. The molecule has 0 aliphatic heterocycles. The first-order valence-corrected chi connectivity index (χ1v) is 8.09. The molecule has 2 amide bonds. The van der Waals surface area contributed by atoms with Crippen LogP contribution in [0.4, 0.5) is 10.5 Å². The number of urea groups is 1. The predicted molar refractivity (Wildman–Crippen MR) is 97.5 cm³/mol. The minimum absolute atomic E-state index is 0.0854. The fourth-order valence-corrected chi connectivity index (χ4v) is 2.44. The van der Waals surface area contributed by atoms with Crippen LogP contribution in [0.3, 0.4) is 0 Å². The highest BCUT2D eigenvalue weighted by atomic mass is 16.5. The van der Waals surface area contributed by atoms with Gasteiger partial charge in [-0.3, -0.25) is 0 Å². The molecule has 5 nitrogen and oxygen atoms in total. The zero-order valence-corrected chi connectivity index (χ0v) is 14.5. The Hall–Kier alpha value is -2.53. The minimum Gasteiger partial charge on any atom is -0.494 e. The third-order valence-corrected chi connectivity index (χ3v) is 3.69. The molecule has 0 saturated heterocycles. The number of rotatable bonds is 7. The first-order valence-electron chi connectivity index (χ1n) is 8.09. The second-order valence-corrected chi connectivity index (χ2v) is 5.68. The summed E-state index contributed by atoms with van der Waals surface area (Å²) in [5.41, 5.74) is 1.90. The van der Waals surface area contributed by atoms with Crippen molar-refractivity contribution in [3.05, 3.63) is 60.2 Å². The van der Waals surface area contributed by atoms with Crippen LogP contribution in [-0.2, 0) is 0 Å². The van der Waals surface area contributed by atoms with E-state index >= 15 is 0 Å². The molecule has 1 atom stereocenters. The van der Waals surface area contributed by atoms with Crippen LogP contribution in [0, 0.1) is 0 Å². The van der Waals surface area contributed by atoms with E-state index < -0.39 is 0 Å². The van der Waals surface area contributed by atoms with E-state index in [1.807, 2.05) is 75.6 Å². The lowest BCUT2D eigenvalue weighted by atomic mass is 10.1. The Labute approximate surface area is 143 Å². The number of ether oxygens (including phenoxy) is 1. The number of anilines is 1. The number of hydrogen-bond donors (Lipinski definition) is 2. The topological polar surface area (TPSA) is 53.6 Å². The molecule has 0 spiro atoms. The molecule has 2 aromatic rings. The lowest BCUT2D eigenvalue weighted by Crippen LogP contribution is -2.36. The zero-order chi connectivity index (χ0) is 17.4. The van der Waals surface area contributed by atoms with Crippen LogP contribution < -0.4 is 15.4 Å². The largest absolute Gasteiger partial charge is 0.494 e. The molecule has 0 aliphatic rings. The minimum atomic E-state index is -0.209. The number of likely N-dealkylation sites (N-methyl/N-ethyl adjacent to an activating group) is 1. The maximum atomic E-state index is 12.0. The number of carbonyl (C=O) groups excluding carboxylic acids is 1. The summed E-state index contributed by atoms with van der Waals surface area (Å²) in [6.45, 7) is 3.13. The van der Waals surface area contributed by atoms with Gasteiger partial charge >= 0.3 is 6.03 Å². The number of carbonyl (C=O) groups is 1. The molecule has 5 heteroatoms. The maximum Gasteiger partial charge on any atom is 0.319 e. The van der Waals surface area contributed by atoms with Gasteiger partial charge < -0.3 is 20.3 Å². The molecule has 2 N–H and O–H groups in total. The molecule has 24 heavy (non-hydrogen) atoms. The van der Waals surface area contributed by atoms with Crippen molar-refractivity contribution < 1.29 is 9.53 Å². The Morgan fingerprint density at radius 1 is 1.08 bits per heavy atom. The van der Waals surface area contributed by atoms with Gasteiger partial charge in [0.05, 0.1) is 12.6 Å². The van der Waals surface area contributed by atoms with E-state index in [0.717, 1.165) is 17.0 Å². The van der Waals surface area contributed by atoms with Gasteiger partial charge in [-0.1, -0.05) is 30.3 Å². The van der Waals surface area contributed by atoms with E-state index in [0.29, 0.717) is 13.2 Å². The summed E-state index contributed by atoms with van der Waals surface area (Å²) >= 11 is 0. The normalized spacial score (nSPS) is 11.8. The third-order valence-electron chi connectivity index (χ3n) is 3.69. The Balaban J connectivity index is 1.94. The molecule has 2 rings (SSSR count). The molecule has 2 aromatic carbocycles. The van der Waals surface area contributed by atoms with E-state index in [4.69, 9.17) is 4.74 Å². The first-order chi connectivity index (χ1) is 11.6. The predicted octanol–water partition coefficient (Wildman–Crippen LogP) is 3.51. The number of hydrogen-bond acceptors (Lipinski definition) is 3. The van der Waals surface area contributed by atoms with E-state index in [1.54, 1.807) is 0 Å². The standard InChI is InChI=1S/C19H25N3O2/c1-4-24-17-12-10-15(11-13-17)18(22(2)3)14-20-19(23)21-16-8-6-5-7-9-16/h5-13,18H,4,14H2,1-3H3,(H2,20,21,23). The van der Waals surface area contributed by atoms with Crippen molar-refractivity contribution in [2.75, 3.05) is 32.6 Å². The highest BCUT2D eigenvalue weighted by molar-refractivity contribution is 5.89. The monoisotopic (exact) mass is 327 g/mol. The summed E-state index contributed by atoms with van der Waals surface area (Å²) in [5.74, 6) is 0.855. The second kappa shape index (κ2) is 8.93. The van der Waals surface area contributed by atoms with Crippen molar-refractivity contribution in [2.24, 2.45) is 0 Å². The van der Waals surface area contributed by atoms with Crippen LogP contribution in [0.15, 0.2) is 54.6 Å². The number of nitrogens with one attached hydrogen (secondary N) is 2. The highest BCUT2D eigenvalue weighted by Gasteiger charge is 2.15. The van der Waals surface area contributed by atoms with E-state index in [9.17, 15) is 4.79 Å². The van der Waals surface area contributed by atoms with Crippen molar-refractivity contribution in [3.8, 4) is 5.75 Å². The van der Waals surface area contributed by atoms with Crippen LogP contribution in [0.1, 0.15) is 18.5 Å². The summed E-state index contributed by atoms with van der Waals surface area (Å²) < 4.78 is 5.47. The van der Waals surface area contributed by atoms with Crippen LogP contribution >= 0.6 is 0 Å². The molecule has 0 aliphatic carbocycles. The molecule has 0 saturated carbocycles. The lowest BCUT2D eigenvalue weighted by Gasteiger charge is -2.25. The van der Waals surface area contributed by atoms with Gasteiger partial charge in [-0.15, -0.1) is 0 Å². The van der Waals surface area contributed by atoms with E-state index in [2.05, 4.69) is 15.5 Å². The summed E-state index contributed by atoms with van der Waals surface area (Å²) in [7, 11) is 4.00. The van der Waals surface area contributed by atoms with Crippen molar-refractivity contribution in [1.82, 2.24) is 10.2 Å². The molecule has 128 valence electrons. The lowest BCUT2D eigenvalue weighted by molar-refractivity contribution is 0.243. The van der Waals surface area contributed by atoms with E-state index in [-0.39, 0.29) is 12.1 Å². The number of benzene rings is 2. The van der Waals surface area contributed by atoms with Gasteiger partial charge in [-0.25, -0.2) is 4.79 Å². The highest BCUT2D eigenvalue weighted by Crippen LogP contribution is 2.21. The van der Waals surface area contributed by atoms with Crippen molar-refractivity contribution >= 4 is 11.7 Å². The fourth-order valence-electron chi connectivity index (χ4n) is 2.44. The van der Waals surface area contributed by atoms with Gasteiger partial charge in [0.25, 0.3) is 0 Å². The van der Waals surface area contributed by atoms with Crippen molar-refractivity contribution in [1.29, 1.82) is 0 Å². The first kappa shape index (κ1) is 17.8. The van der Waals surface area contributed by atoms with Crippen LogP contribution in [0.2, 0.25) is 0 Å². The van der Waals surface area contributed by atoms with Gasteiger partial charge in [-0.2, -0.15) is 0 Å². The SMILES string of the molecule is CCOc1ccc(C(CNC(=O)Nc2ccccc2)N(C)C)cc1. The Bertz CT molecular complexity index is 627. The zero-order valence-electron chi connectivity index (χ0n) is 14.5. The smallest absolute Gasteiger partial charge is 0.319 e. The number of nitrogens with zero attached hydrogens (tertiary/aromatic N) is 1. The molecule has 0 aromatic heterocycles. The fraction of sp³-hybridized carbons (Fsp3) is 0.316. The Morgan fingerprint density at radius 3 is 2.33 bits per heavy atom.